The molecule has 3 amide bonds. The molecule has 0 radical (unpaired) electrons. The van der Waals surface area contributed by atoms with Crippen LogP contribution in [0.25, 0.3) is 0 Å². The van der Waals surface area contributed by atoms with Crippen LogP contribution in [-0.2, 0) is 23.9 Å². The topological polar surface area (TPSA) is 105 Å². The van der Waals surface area contributed by atoms with Crippen molar-refractivity contribution in [3.63, 3.8) is 0 Å². The number of halogens is 1. The van der Waals surface area contributed by atoms with Crippen LogP contribution in [0.15, 0.2) is 91.0 Å². The summed E-state index contributed by atoms with van der Waals surface area (Å²) < 4.78 is 5.39. The Kier molecular flexibility index (Phi) is 8.51. The molecule has 2 heterocycles. The van der Waals surface area contributed by atoms with Crippen LogP contribution in [0.1, 0.15) is 42.7 Å². The highest BCUT2D eigenvalue weighted by Crippen LogP contribution is 2.46. The van der Waals surface area contributed by atoms with Gasteiger partial charge in [0.25, 0.3) is 0 Å². The van der Waals surface area contributed by atoms with E-state index in [-0.39, 0.29) is 11.8 Å². The average Bonchev–Trinajstić information content (AvgIpc) is 2.98. The third kappa shape index (κ3) is 6.04. The second-order valence-corrected chi connectivity index (χ2v) is 13.2. The van der Waals surface area contributed by atoms with E-state index in [4.69, 9.17) is 4.74 Å². The molecule has 2 saturated heterocycles. The first-order valence-electron chi connectivity index (χ1n) is 13.2. The summed E-state index contributed by atoms with van der Waals surface area (Å²) in [6.07, 6.45) is -0.655. The summed E-state index contributed by atoms with van der Waals surface area (Å²) in [5.74, 6) is -1.28. The molecule has 2 fully saturated rings. The Morgan fingerprint density at radius 1 is 0.927 bits per heavy atom. The van der Waals surface area contributed by atoms with E-state index in [1.165, 1.54) is 23.6 Å². The monoisotopic (exact) mass is 635 g/mol. The summed E-state index contributed by atoms with van der Waals surface area (Å²) in [5, 5.41) is 5.02. The average molecular weight is 637 g/mol. The van der Waals surface area contributed by atoms with Crippen LogP contribution in [-0.4, -0.2) is 56.1 Å². The molecule has 5 atom stereocenters. The molecule has 4 unspecified atom stereocenters. The Hall–Kier alpha value is -3.63. The molecule has 8 nitrogen and oxygen atoms in total. The molecule has 0 aliphatic carbocycles. The fourth-order valence-electron chi connectivity index (χ4n) is 5.20. The van der Waals surface area contributed by atoms with Crippen molar-refractivity contribution >= 4 is 51.4 Å². The number of amides is 3. The van der Waals surface area contributed by atoms with E-state index in [0.29, 0.717) is 11.3 Å². The van der Waals surface area contributed by atoms with E-state index in [0.717, 1.165) is 11.1 Å². The zero-order valence-corrected chi connectivity index (χ0v) is 24.9. The van der Waals surface area contributed by atoms with Gasteiger partial charge in [-0.1, -0.05) is 107 Å². The number of alkyl halides is 1. The summed E-state index contributed by atoms with van der Waals surface area (Å²) in [5.41, 5.74) is 2.23. The normalized spacial score (nSPS) is 24.0. The van der Waals surface area contributed by atoms with Crippen molar-refractivity contribution in [3.05, 3.63) is 108 Å². The number of β-lactam (4-membered cyclic amide) rings is 1. The number of nitrogens with zero attached hydrogens (tertiary/aromatic N) is 1. The molecular weight excluding hydrogens is 606 g/mol. The smallest absolute Gasteiger partial charge is 0.331 e. The van der Waals surface area contributed by atoms with Gasteiger partial charge in [-0.05, 0) is 23.6 Å². The summed E-state index contributed by atoms with van der Waals surface area (Å²) in [7, 11) is 0. The van der Waals surface area contributed by atoms with Crippen LogP contribution in [0.2, 0.25) is 0 Å². The first-order valence-corrected chi connectivity index (χ1v) is 15.1. The van der Waals surface area contributed by atoms with Crippen molar-refractivity contribution in [3.8, 4) is 0 Å². The largest absolute Gasteiger partial charge is 0.451 e. The number of carbonyl (C=O) groups is 4. The fraction of sp³-hybridized carbons (Fsp3) is 0.290. The predicted molar refractivity (Wildman–Crippen MR) is 160 cm³/mol. The molecule has 10 heteroatoms. The minimum atomic E-state index is -0.955. The van der Waals surface area contributed by atoms with Gasteiger partial charge in [0, 0.05) is 12.7 Å². The highest BCUT2D eigenvalue weighted by atomic mass is 79.9. The number of rotatable bonds is 8. The van der Waals surface area contributed by atoms with Crippen LogP contribution < -0.4 is 10.6 Å². The molecule has 212 valence electrons. The highest BCUT2D eigenvalue weighted by Gasteiger charge is 2.61. The number of benzene rings is 3. The molecule has 5 rings (SSSR count). The number of nitrogens with one attached hydrogen (secondary N) is 2. The molecular formula is C31H30BrN3O5S. The number of carbonyl (C=O) groups excluding carboxylic acids is 4. The Labute approximate surface area is 251 Å². The molecule has 2 aliphatic rings. The van der Waals surface area contributed by atoms with E-state index >= 15 is 0 Å². The molecule has 3 aromatic rings. The van der Waals surface area contributed by atoms with Crippen LogP contribution >= 0.6 is 27.7 Å². The highest BCUT2D eigenvalue weighted by molar-refractivity contribution is 9.10. The number of fused-ring (bicyclic) bond motifs is 1. The van der Waals surface area contributed by atoms with Crippen molar-refractivity contribution in [2.24, 2.45) is 0 Å². The van der Waals surface area contributed by atoms with Crippen molar-refractivity contribution in [1.29, 1.82) is 0 Å². The second-order valence-electron chi connectivity index (χ2n) is 10.3. The van der Waals surface area contributed by atoms with Crippen LogP contribution in [0.4, 0.5) is 0 Å². The third-order valence-electron chi connectivity index (χ3n) is 7.17. The van der Waals surface area contributed by atoms with Gasteiger partial charge in [0.2, 0.25) is 17.7 Å². The zero-order chi connectivity index (χ0) is 29.1. The number of hydrogen-bond donors (Lipinski definition) is 2. The van der Waals surface area contributed by atoms with Gasteiger partial charge >= 0.3 is 5.97 Å². The summed E-state index contributed by atoms with van der Waals surface area (Å²) in [6.45, 7) is 3.20. The lowest BCUT2D eigenvalue weighted by Gasteiger charge is -2.56. The number of thioether (sulfide) groups is 1. The first-order chi connectivity index (χ1) is 19.7. The van der Waals surface area contributed by atoms with E-state index in [1.807, 2.05) is 73.7 Å². The SMILES string of the molecule is CC(=O)NC(C(=O)NC1C(=O)N2C(C(=O)OC(c3ccccc3)c3ccccc3)C(C)(Br)CS[C@@H]12)c1ccccc1. The molecule has 3 aromatic carbocycles. The number of hydrogen-bond acceptors (Lipinski definition) is 6. The van der Waals surface area contributed by atoms with Crippen molar-refractivity contribution < 1.29 is 23.9 Å². The van der Waals surface area contributed by atoms with Gasteiger partial charge in [0.05, 0.1) is 4.32 Å². The first kappa shape index (κ1) is 28.9. The lowest BCUT2D eigenvalue weighted by molar-refractivity contribution is -0.169. The van der Waals surface area contributed by atoms with Crippen LogP contribution in [0, 0.1) is 0 Å². The van der Waals surface area contributed by atoms with Crippen LogP contribution in [0.5, 0.6) is 0 Å². The van der Waals surface area contributed by atoms with Gasteiger partial charge in [-0.2, -0.15) is 0 Å². The molecule has 2 aliphatic heterocycles. The molecule has 0 spiro atoms. The summed E-state index contributed by atoms with van der Waals surface area (Å²) in [4.78, 5) is 54.0. The third-order valence-corrected chi connectivity index (χ3v) is 9.86. The fourth-order valence-corrected chi connectivity index (χ4v) is 7.42. The minimum Gasteiger partial charge on any atom is -0.451 e. The van der Waals surface area contributed by atoms with Crippen LogP contribution in [0.3, 0.4) is 0 Å². The predicted octanol–water partition coefficient (Wildman–Crippen LogP) is 4.12. The minimum absolute atomic E-state index is 0.369. The number of ether oxygens (including phenoxy) is 1. The maximum absolute atomic E-state index is 13.9. The van der Waals surface area contributed by atoms with Gasteiger partial charge in [0.15, 0.2) is 6.10 Å². The van der Waals surface area contributed by atoms with Gasteiger partial charge in [-0.25, -0.2) is 4.79 Å². The lowest BCUT2D eigenvalue weighted by atomic mass is 9.93. The van der Waals surface area contributed by atoms with Crippen molar-refractivity contribution in [2.45, 2.75) is 47.8 Å². The quantitative estimate of drug-likeness (QED) is 0.219. The van der Waals surface area contributed by atoms with E-state index in [9.17, 15) is 19.2 Å². The Bertz CT molecular complexity index is 1380. The second kappa shape index (κ2) is 12.1. The Balaban J connectivity index is 1.36. The lowest BCUT2D eigenvalue weighted by Crippen LogP contribution is -2.78. The molecule has 0 aromatic heterocycles. The van der Waals surface area contributed by atoms with E-state index < -0.39 is 45.8 Å². The van der Waals surface area contributed by atoms with Crippen molar-refractivity contribution in [2.75, 3.05) is 5.75 Å². The Morgan fingerprint density at radius 3 is 1.95 bits per heavy atom. The van der Waals surface area contributed by atoms with Crippen molar-refractivity contribution in [1.82, 2.24) is 15.5 Å². The van der Waals surface area contributed by atoms with E-state index in [1.54, 1.807) is 24.3 Å². The zero-order valence-electron chi connectivity index (χ0n) is 22.5. The van der Waals surface area contributed by atoms with Gasteiger partial charge < -0.3 is 20.3 Å². The summed E-state index contributed by atoms with van der Waals surface area (Å²) in [6, 6.07) is 25.1. The molecule has 0 saturated carbocycles. The molecule has 0 bridgehead atoms. The summed E-state index contributed by atoms with van der Waals surface area (Å²) >= 11 is 5.17. The number of esters is 1. The van der Waals surface area contributed by atoms with Gasteiger partial charge in [-0.15, -0.1) is 11.8 Å². The van der Waals surface area contributed by atoms with Gasteiger partial charge in [-0.3, -0.25) is 14.4 Å². The molecule has 2 N–H and O–H groups in total. The van der Waals surface area contributed by atoms with Gasteiger partial charge in [0.1, 0.15) is 23.5 Å². The standard InChI is InChI=1S/C31H30BrN3O5S/c1-19(36)33-23(20-12-6-3-7-13-20)27(37)34-24-28(38)35-26(31(2,32)18-41-29(24)35)30(39)40-25(21-14-8-4-9-15-21)22-16-10-5-11-17-22/h3-17,23-26,29H,18H2,1-2H3,(H,33,36)(H,34,37)/t23?,24?,26?,29-,31?/m0/s1. The van der Waals surface area contributed by atoms with E-state index in [2.05, 4.69) is 26.6 Å². The maximum atomic E-state index is 13.9. The Morgan fingerprint density at radius 2 is 1.44 bits per heavy atom. The molecule has 41 heavy (non-hydrogen) atoms. The maximum Gasteiger partial charge on any atom is 0.331 e.